The van der Waals surface area contributed by atoms with Gasteiger partial charge in [-0.15, -0.1) is 0 Å². The third-order valence-electron chi connectivity index (χ3n) is 4.92. The van der Waals surface area contributed by atoms with Gasteiger partial charge in [-0.2, -0.15) is 0 Å². The summed E-state index contributed by atoms with van der Waals surface area (Å²) in [5.41, 5.74) is 3.39. The molecule has 1 N–H and O–H groups in total. The van der Waals surface area contributed by atoms with Gasteiger partial charge in [0.2, 0.25) is 5.91 Å². The molecule has 0 saturated heterocycles. The predicted octanol–water partition coefficient (Wildman–Crippen LogP) is 2.57. The first-order chi connectivity index (χ1) is 13.0. The van der Waals surface area contributed by atoms with Crippen LogP contribution in [0.4, 0.5) is 0 Å². The van der Waals surface area contributed by atoms with Crippen LogP contribution in [0.2, 0.25) is 0 Å². The lowest BCUT2D eigenvalue weighted by Gasteiger charge is -2.20. The number of hydrogen-bond acceptors (Lipinski definition) is 4. The summed E-state index contributed by atoms with van der Waals surface area (Å²) in [6.45, 7) is 1.29. The summed E-state index contributed by atoms with van der Waals surface area (Å²) < 4.78 is 10.8. The van der Waals surface area contributed by atoms with Crippen LogP contribution in [0.15, 0.2) is 36.4 Å². The monoisotopic (exact) mass is 369 g/mol. The summed E-state index contributed by atoms with van der Waals surface area (Å²) in [5, 5.41) is 8.96. The van der Waals surface area contributed by atoms with Crippen molar-refractivity contribution in [3.63, 3.8) is 0 Å². The molecule has 0 atom stereocenters. The predicted molar refractivity (Wildman–Crippen MR) is 101 cm³/mol. The van der Waals surface area contributed by atoms with Gasteiger partial charge in [0.25, 0.3) is 0 Å². The number of carboxylic acids is 1. The summed E-state index contributed by atoms with van der Waals surface area (Å²) in [6.07, 6.45) is 1.79. The van der Waals surface area contributed by atoms with Crippen molar-refractivity contribution >= 4 is 11.9 Å². The van der Waals surface area contributed by atoms with Crippen molar-refractivity contribution in [2.24, 2.45) is 0 Å². The third-order valence-corrected chi connectivity index (χ3v) is 4.92. The number of rotatable bonds is 5. The average molecular weight is 369 g/mol. The summed E-state index contributed by atoms with van der Waals surface area (Å²) in [6, 6.07) is 10.4. The summed E-state index contributed by atoms with van der Waals surface area (Å²) in [5.74, 6) is 0.484. The van der Waals surface area contributed by atoms with Gasteiger partial charge in [0.15, 0.2) is 11.5 Å². The number of carbonyl (C=O) groups excluding carboxylic acids is 1. The van der Waals surface area contributed by atoms with E-state index < -0.39 is 5.97 Å². The molecule has 0 spiro atoms. The normalized spacial score (nSPS) is 13.5. The number of methoxy groups -OCH3 is 2. The van der Waals surface area contributed by atoms with E-state index in [0.717, 1.165) is 18.4 Å². The maximum Gasteiger partial charge on any atom is 0.335 e. The number of carbonyl (C=O) groups is 2. The molecule has 0 aromatic heterocycles. The van der Waals surface area contributed by atoms with E-state index in [9.17, 15) is 9.59 Å². The molecule has 0 bridgehead atoms. The Balaban J connectivity index is 1.68. The highest BCUT2D eigenvalue weighted by molar-refractivity contribution is 5.87. The van der Waals surface area contributed by atoms with Crippen LogP contribution in [0.3, 0.4) is 0 Å². The summed E-state index contributed by atoms with van der Waals surface area (Å²) >= 11 is 0. The topological polar surface area (TPSA) is 76.1 Å². The van der Waals surface area contributed by atoms with Crippen LogP contribution in [-0.4, -0.2) is 49.2 Å². The van der Waals surface area contributed by atoms with E-state index in [1.165, 1.54) is 23.3 Å². The van der Waals surface area contributed by atoms with Crippen molar-refractivity contribution in [2.45, 2.75) is 19.3 Å². The number of benzene rings is 2. The quantitative estimate of drug-likeness (QED) is 0.877. The highest BCUT2D eigenvalue weighted by Gasteiger charge is 2.20. The molecule has 2 aromatic carbocycles. The number of fused-ring (bicyclic) bond motifs is 1. The molecule has 6 nitrogen and oxygen atoms in total. The van der Waals surface area contributed by atoms with Crippen LogP contribution >= 0.6 is 0 Å². The molecule has 2 aromatic rings. The van der Waals surface area contributed by atoms with Crippen LogP contribution in [0, 0.1) is 0 Å². The second-order valence-electron chi connectivity index (χ2n) is 6.54. The first kappa shape index (κ1) is 18.8. The molecule has 0 fully saturated rings. The molecule has 1 heterocycles. The van der Waals surface area contributed by atoms with Gasteiger partial charge in [-0.3, -0.25) is 4.79 Å². The van der Waals surface area contributed by atoms with E-state index in [1.54, 1.807) is 26.4 Å². The molecule has 0 aliphatic carbocycles. The SMILES string of the molecule is COc1cc2c(cc1OC)CCN(C(=O)Cc1ccc(C(=O)O)cc1)CC2. The fourth-order valence-corrected chi connectivity index (χ4v) is 3.35. The Hall–Kier alpha value is -3.02. The van der Waals surface area contributed by atoms with Crippen LogP contribution in [0.5, 0.6) is 11.5 Å². The van der Waals surface area contributed by atoms with Gasteiger partial charge in [-0.05, 0) is 53.8 Å². The maximum absolute atomic E-state index is 12.7. The number of carboxylic acid groups (broad SMARTS) is 1. The first-order valence-electron chi connectivity index (χ1n) is 8.85. The maximum atomic E-state index is 12.7. The van der Waals surface area contributed by atoms with Crippen LogP contribution in [0.1, 0.15) is 27.0 Å². The van der Waals surface area contributed by atoms with E-state index in [1.807, 2.05) is 17.0 Å². The van der Waals surface area contributed by atoms with Crippen molar-refractivity contribution in [3.8, 4) is 11.5 Å². The molecule has 3 rings (SSSR count). The van der Waals surface area contributed by atoms with E-state index in [0.29, 0.717) is 24.6 Å². The van der Waals surface area contributed by atoms with Crippen molar-refractivity contribution in [1.29, 1.82) is 0 Å². The highest BCUT2D eigenvalue weighted by Crippen LogP contribution is 2.32. The van der Waals surface area contributed by atoms with E-state index >= 15 is 0 Å². The molecule has 0 radical (unpaired) electrons. The van der Waals surface area contributed by atoms with Gasteiger partial charge in [0, 0.05) is 13.1 Å². The zero-order valence-electron chi connectivity index (χ0n) is 15.5. The zero-order valence-corrected chi connectivity index (χ0v) is 15.5. The number of aromatic carboxylic acids is 1. The molecule has 142 valence electrons. The zero-order chi connectivity index (χ0) is 19.4. The van der Waals surface area contributed by atoms with Gasteiger partial charge in [0.1, 0.15) is 0 Å². The number of amides is 1. The molecule has 1 aliphatic rings. The van der Waals surface area contributed by atoms with Crippen LogP contribution in [-0.2, 0) is 24.1 Å². The van der Waals surface area contributed by atoms with Gasteiger partial charge >= 0.3 is 5.97 Å². The van der Waals surface area contributed by atoms with Crippen LogP contribution in [0.25, 0.3) is 0 Å². The van der Waals surface area contributed by atoms with Gasteiger partial charge in [-0.25, -0.2) is 4.79 Å². The Labute approximate surface area is 158 Å². The van der Waals surface area contributed by atoms with Gasteiger partial charge in [0.05, 0.1) is 26.2 Å². The van der Waals surface area contributed by atoms with Crippen LogP contribution < -0.4 is 9.47 Å². The average Bonchev–Trinajstić information content (AvgIpc) is 2.89. The Morgan fingerprint density at radius 1 is 0.963 bits per heavy atom. The standard InChI is InChI=1S/C21H23NO5/c1-26-18-12-16-7-9-22(10-8-17(16)13-19(18)27-2)20(23)11-14-3-5-15(6-4-14)21(24)25/h3-6,12-13H,7-11H2,1-2H3,(H,24,25). The fourth-order valence-electron chi connectivity index (χ4n) is 3.35. The van der Waals surface area contributed by atoms with Crippen molar-refractivity contribution in [3.05, 3.63) is 58.7 Å². The lowest BCUT2D eigenvalue weighted by Crippen LogP contribution is -2.34. The summed E-state index contributed by atoms with van der Waals surface area (Å²) in [4.78, 5) is 25.5. The van der Waals surface area contributed by atoms with Crippen molar-refractivity contribution in [1.82, 2.24) is 4.90 Å². The number of ether oxygens (including phenoxy) is 2. The van der Waals surface area contributed by atoms with Gasteiger partial charge in [-0.1, -0.05) is 12.1 Å². The molecule has 6 heteroatoms. The Morgan fingerprint density at radius 2 is 1.48 bits per heavy atom. The molecule has 1 amide bonds. The van der Waals surface area contributed by atoms with E-state index in [-0.39, 0.29) is 17.9 Å². The largest absolute Gasteiger partial charge is 0.493 e. The number of hydrogen-bond donors (Lipinski definition) is 1. The first-order valence-corrected chi connectivity index (χ1v) is 8.85. The molecule has 0 saturated carbocycles. The second-order valence-corrected chi connectivity index (χ2v) is 6.54. The molecule has 1 aliphatic heterocycles. The van der Waals surface area contributed by atoms with E-state index in [2.05, 4.69) is 0 Å². The van der Waals surface area contributed by atoms with E-state index in [4.69, 9.17) is 14.6 Å². The van der Waals surface area contributed by atoms with Gasteiger partial charge < -0.3 is 19.5 Å². The minimum absolute atomic E-state index is 0.0461. The second kappa shape index (κ2) is 8.12. The number of nitrogens with zero attached hydrogens (tertiary/aromatic N) is 1. The third kappa shape index (κ3) is 4.22. The lowest BCUT2D eigenvalue weighted by molar-refractivity contribution is -0.130. The van der Waals surface area contributed by atoms with Crippen molar-refractivity contribution < 1.29 is 24.2 Å². The molecular weight excluding hydrogens is 346 g/mol. The minimum atomic E-state index is -0.969. The molecular formula is C21H23NO5. The smallest absolute Gasteiger partial charge is 0.335 e. The fraction of sp³-hybridized carbons (Fsp3) is 0.333. The Bertz CT molecular complexity index is 809. The molecule has 0 unspecified atom stereocenters. The Morgan fingerprint density at radius 3 is 1.93 bits per heavy atom. The lowest BCUT2D eigenvalue weighted by atomic mass is 10.0. The molecule has 27 heavy (non-hydrogen) atoms. The van der Waals surface area contributed by atoms with Crippen molar-refractivity contribution in [2.75, 3.05) is 27.3 Å². The Kier molecular flexibility index (Phi) is 5.64. The highest BCUT2D eigenvalue weighted by atomic mass is 16.5. The summed E-state index contributed by atoms with van der Waals surface area (Å²) in [7, 11) is 3.23. The minimum Gasteiger partial charge on any atom is -0.493 e.